The van der Waals surface area contributed by atoms with Gasteiger partial charge in [-0.25, -0.2) is 4.68 Å². The predicted molar refractivity (Wildman–Crippen MR) is 47.4 cm³/mol. The summed E-state index contributed by atoms with van der Waals surface area (Å²) in [7, 11) is 0. The maximum absolute atomic E-state index is 11.0. The number of carbonyl (C=O) groups excluding carboxylic acids is 1. The molecular weight excluding hydrogens is 168 g/mol. The second-order valence-electron chi connectivity index (χ2n) is 3.47. The lowest BCUT2D eigenvalue weighted by atomic mass is 10.2. The van der Waals surface area contributed by atoms with E-state index in [2.05, 4.69) is 15.4 Å². The Morgan fingerprint density at radius 1 is 1.54 bits per heavy atom. The number of rotatable bonds is 1. The van der Waals surface area contributed by atoms with Gasteiger partial charge in [0, 0.05) is 12.3 Å². The summed E-state index contributed by atoms with van der Waals surface area (Å²) in [5.41, 5.74) is 0. The summed E-state index contributed by atoms with van der Waals surface area (Å²) in [6.07, 6.45) is 0.494. The molecule has 0 spiro atoms. The maximum Gasteiger partial charge on any atom is 0.228 e. The summed E-state index contributed by atoms with van der Waals surface area (Å²) >= 11 is 0. The fourth-order valence-electron chi connectivity index (χ4n) is 1.25. The Morgan fingerprint density at radius 2 is 2.31 bits per heavy atom. The first-order valence-electron chi connectivity index (χ1n) is 4.41. The number of aryl methyl sites for hydroxylation is 1. The van der Waals surface area contributed by atoms with Crippen molar-refractivity contribution in [2.45, 2.75) is 32.7 Å². The SMILES string of the molecule is CC(C)c1nc2n(n1)CCC(=O)N2. The van der Waals surface area contributed by atoms with Crippen molar-refractivity contribution in [2.24, 2.45) is 0 Å². The Hall–Kier alpha value is -1.39. The van der Waals surface area contributed by atoms with Crippen molar-refractivity contribution in [3.63, 3.8) is 0 Å². The molecule has 0 saturated heterocycles. The standard InChI is InChI=1S/C8H12N4O/c1-5(2)7-10-8-9-6(13)3-4-12(8)11-7/h5H,3-4H2,1-2H3,(H,9,10,11,13). The molecule has 0 unspecified atom stereocenters. The molecule has 0 aliphatic carbocycles. The van der Waals surface area contributed by atoms with Crippen LogP contribution in [0, 0.1) is 0 Å². The lowest BCUT2D eigenvalue weighted by Crippen LogP contribution is -2.23. The van der Waals surface area contributed by atoms with E-state index in [-0.39, 0.29) is 5.91 Å². The molecule has 0 atom stereocenters. The van der Waals surface area contributed by atoms with Gasteiger partial charge >= 0.3 is 0 Å². The lowest BCUT2D eigenvalue weighted by Gasteiger charge is -2.11. The molecule has 1 aromatic heterocycles. The van der Waals surface area contributed by atoms with Crippen LogP contribution < -0.4 is 5.32 Å². The summed E-state index contributed by atoms with van der Waals surface area (Å²) < 4.78 is 1.75. The van der Waals surface area contributed by atoms with Crippen molar-refractivity contribution in [1.29, 1.82) is 0 Å². The lowest BCUT2D eigenvalue weighted by molar-refractivity contribution is -0.117. The van der Waals surface area contributed by atoms with Crippen LogP contribution in [-0.4, -0.2) is 20.7 Å². The van der Waals surface area contributed by atoms with Crippen LogP contribution in [0.1, 0.15) is 32.0 Å². The van der Waals surface area contributed by atoms with Crippen LogP contribution in [0.25, 0.3) is 0 Å². The van der Waals surface area contributed by atoms with E-state index in [4.69, 9.17) is 0 Å². The first-order valence-corrected chi connectivity index (χ1v) is 4.41. The second-order valence-corrected chi connectivity index (χ2v) is 3.47. The highest BCUT2D eigenvalue weighted by Crippen LogP contribution is 2.16. The molecule has 1 aliphatic rings. The fraction of sp³-hybridized carbons (Fsp3) is 0.625. The van der Waals surface area contributed by atoms with Crippen LogP contribution in [-0.2, 0) is 11.3 Å². The smallest absolute Gasteiger partial charge is 0.228 e. The number of aromatic nitrogens is 3. The number of amides is 1. The van der Waals surface area contributed by atoms with E-state index >= 15 is 0 Å². The third-order valence-corrected chi connectivity index (χ3v) is 2.01. The number of anilines is 1. The minimum atomic E-state index is 0.0233. The average Bonchev–Trinajstić information content (AvgIpc) is 2.46. The zero-order valence-electron chi connectivity index (χ0n) is 7.74. The predicted octanol–water partition coefficient (Wildman–Crippen LogP) is 0.744. The molecule has 1 amide bonds. The number of nitrogens with one attached hydrogen (secondary N) is 1. The summed E-state index contributed by atoms with van der Waals surface area (Å²) in [5, 5.41) is 6.96. The highest BCUT2D eigenvalue weighted by Gasteiger charge is 2.19. The summed E-state index contributed by atoms with van der Waals surface area (Å²) in [5.74, 6) is 1.70. The van der Waals surface area contributed by atoms with Gasteiger partial charge in [-0.2, -0.15) is 10.1 Å². The summed E-state index contributed by atoms with van der Waals surface area (Å²) in [4.78, 5) is 15.2. The highest BCUT2D eigenvalue weighted by atomic mass is 16.2. The molecule has 2 rings (SSSR count). The molecule has 70 valence electrons. The van der Waals surface area contributed by atoms with Gasteiger partial charge in [0.2, 0.25) is 11.9 Å². The molecule has 0 saturated carbocycles. The van der Waals surface area contributed by atoms with Crippen LogP contribution >= 0.6 is 0 Å². The van der Waals surface area contributed by atoms with Gasteiger partial charge in [-0.3, -0.25) is 10.1 Å². The molecule has 2 heterocycles. The quantitative estimate of drug-likeness (QED) is 0.693. The Bertz CT molecular complexity index is 342. The van der Waals surface area contributed by atoms with Gasteiger partial charge < -0.3 is 0 Å². The Kier molecular flexibility index (Phi) is 1.79. The number of nitrogens with zero attached hydrogens (tertiary/aromatic N) is 3. The Labute approximate surface area is 76.2 Å². The van der Waals surface area contributed by atoms with E-state index in [0.29, 0.717) is 24.8 Å². The van der Waals surface area contributed by atoms with Gasteiger partial charge in [-0.15, -0.1) is 0 Å². The molecule has 1 N–H and O–H groups in total. The van der Waals surface area contributed by atoms with Crippen molar-refractivity contribution in [2.75, 3.05) is 5.32 Å². The highest BCUT2D eigenvalue weighted by molar-refractivity contribution is 5.90. The van der Waals surface area contributed by atoms with Crippen LogP contribution in [0.2, 0.25) is 0 Å². The van der Waals surface area contributed by atoms with E-state index in [1.54, 1.807) is 4.68 Å². The van der Waals surface area contributed by atoms with Gasteiger partial charge in [0.1, 0.15) is 0 Å². The van der Waals surface area contributed by atoms with E-state index in [0.717, 1.165) is 5.82 Å². The van der Waals surface area contributed by atoms with Crippen LogP contribution in [0.4, 0.5) is 5.95 Å². The fourth-order valence-corrected chi connectivity index (χ4v) is 1.25. The van der Waals surface area contributed by atoms with Crippen LogP contribution in [0.3, 0.4) is 0 Å². The van der Waals surface area contributed by atoms with Gasteiger partial charge in [-0.05, 0) is 0 Å². The molecular formula is C8H12N4O. The third kappa shape index (κ3) is 1.41. The zero-order chi connectivity index (χ0) is 9.42. The van der Waals surface area contributed by atoms with E-state index < -0.39 is 0 Å². The maximum atomic E-state index is 11.0. The van der Waals surface area contributed by atoms with Crippen molar-refractivity contribution in [1.82, 2.24) is 14.8 Å². The molecule has 0 bridgehead atoms. The van der Waals surface area contributed by atoms with Crippen molar-refractivity contribution >= 4 is 11.9 Å². The van der Waals surface area contributed by atoms with E-state index in [1.165, 1.54) is 0 Å². The number of carbonyl (C=O) groups is 1. The Balaban J connectivity index is 2.33. The van der Waals surface area contributed by atoms with Crippen molar-refractivity contribution in [3.8, 4) is 0 Å². The summed E-state index contributed by atoms with van der Waals surface area (Å²) in [6.45, 7) is 4.70. The molecule has 5 nitrogen and oxygen atoms in total. The van der Waals surface area contributed by atoms with Crippen molar-refractivity contribution < 1.29 is 4.79 Å². The molecule has 13 heavy (non-hydrogen) atoms. The van der Waals surface area contributed by atoms with E-state index in [9.17, 15) is 4.79 Å². The normalized spacial score (nSPS) is 15.8. The van der Waals surface area contributed by atoms with Crippen LogP contribution in [0.15, 0.2) is 0 Å². The molecule has 0 fully saturated rings. The van der Waals surface area contributed by atoms with Gasteiger partial charge in [-0.1, -0.05) is 13.8 Å². The van der Waals surface area contributed by atoms with Gasteiger partial charge in [0.15, 0.2) is 5.82 Å². The second kappa shape index (κ2) is 2.83. The summed E-state index contributed by atoms with van der Waals surface area (Å²) in [6, 6.07) is 0. The van der Waals surface area contributed by atoms with E-state index in [1.807, 2.05) is 13.8 Å². The molecule has 0 aromatic carbocycles. The largest absolute Gasteiger partial charge is 0.295 e. The number of hydrogen-bond acceptors (Lipinski definition) is 3. The van der Waals surface area contributed by atoms with Crippen molar-refractivity contribution in [3.05, 3.63) is 5.82 Å². The molecule has 0 radical (unpaired) electrons. The number of hydrogen-bond donors (Lipinski definition) is 1. The monoisotopic (exact) mass is 180 g/mol. The number of fused-ring (bicyclic) bond motifs is 1. The topological polar surface area (TPSA) is 59.8 Å². The minimum Gasteiger partial charge on any atom is -0.295 e. The third-order valence-electron chi connectivity index (χ3n) is 2.01. The first-order chi connectivity index (χ1) is 6.16. The Morgan fingerprint density at radius 3 is 3.00 bits per heavy atom. The van der Waals surface area contributed by atoms with Crippen LogP contribution in [0.5, 0.6) is 0 Å². The van der Waals surface area contributed by atoms with Gasteiger partial charge in [0.05, 0.1) is 6.54 Å². The zero-order valence-corrected chi connectivity index (χ0v) is 7.74. The average molecular weight is 180 g/mol. The first kappa shape index (κ1) is 8.22. The van der Waals surface area contributed by atoms with Gasteiger partial charge in [0.25, 0.3) is 0 Å². The minimum absolute atomic E-state index is 0.0233. The molecule has 5 heteroatoms. The molecule has 1 aliphatic heterocycles. The molecule has 1 aromatic rings.